The molecule has 2 aromatic carbocycles. The maximum absolute atomic E-state index is 12.1. The summed E-state index contributed by atoms with van der Waals surface area (Å²) in [4.78, 5) is 12.1. The Morgan fingerprint density at radius 1 is 1.10 bits per heavy atom. The molecule has 5 nitrogen and oxygen atoms in total. The van der Waals surface area contributed by atoms with Crippen LogP contribution in [0.5, 0.6) is 11.5 Å². The molecule has 1 unspecified atom stereocenters. The second-order valence-corrected chi connectivity index (χ2v) is 4.83. The van der Waals surface area contributed by atoms with Gasteiger partial charge in [0.2, 0.25) is 0 Å². The predicted octanol–water partition coefficient (Wildman–Crippen LogP) is 1.40. The fourth-order valence-electron chi connectivity index (χ4n) is 2.09. The Labute approximate surface area is 123 Å². The van der Waals surface area contributed by atoms with Crippen molar-refractivity contribution in [3.05, 3.63) is 59.7 Å². The van der Waals surface area contributed by atoms with Crippen molar-refractivity contribution in [3.63, 3.8) is 0 Å². The minimum Gasteiger partial charge on any atom is -0.508 e. The van der Waals surface area contributed by atoms with Gasteiger partial charge in [-0.05, 0) is 24.1 Å². The number of phenolic OH excluding ortho intramolecular Hbond substituents is 2. The van der Waals surface area contributed by atoms with Crippen LogP contribution in [0.25, 0.3) is 0 Å². The monoisotopic (exact) mass is 286 g/mol. The molecule has 0 aliphatic heterocycles. The van der Waals surface area contributed by atoms with E-state index in [1.165, 1.54) is 18.2 Å². The molecule has 5 N–H and O–H groups in total. The van der Waals surface area contributed by atoms with Crippen molar-refractivity contribution in [1.82, 2.24) is 5.32 Å². The fourth-order valence-corrected chi connectivity index (χ4v) is 2.09. The first-order valence-electron chi connectivity index (χ1n) is 6.66. The van der Waals surface area contributed by atoms with Crippen molar-refractivity contribution in [2.24, 2.45) is 5.73 Å². The number of nitrogens with two attached hydrogens (primary N) is 1. The van der Waals surface area contributed by atoms with E-state index in [0.29, 0.717) is 13.0 Å². The van der Waals surface area contributed by atoms with Crippen molar-refractivity contribution in [2.45, 2.75) is 12.5 Å². The van der Waals surface area contributed by atoms with E-state index in [9.17, 15) is 15.0 Å². The molecule has 2 aromatic rings. The quantitative estimate of drug-likeness (QED) is 0.668. The summed E-state index contributed by atoms with van der Waals surface area (Å²) in [5.41, 5.74) is 6.96. The molecule has 0 bridgehead atoms. The third-order valence-electron chi connectivity index (χ3n) is 3.11. The second kappa shape index (κ2) is 6.76. The van der Waals surface area contributed by atoms with E-state index < -0.39 is 0 Å². The molecule has 1 atom stereocenters. The summed E-state index contributed by atoms with van der Waals surface area (Å²) in [6.45, 7) is 0.297. The van der Waals surface area contributed by atoms with E-state index in [4.69, 9.17) is 5.73 Å². The highest BCUT2D eigenvalue weighted by molar-refractivity contribution is 5.95. The zero-order valence-electron chi connectivity index (χ0n) is 11.5. The summed E-state index contributed by atoms with van der Waals surface area (Å²) >= 11 is 0. The van der Waals surface area contributed by atoms with Crippen molar-refractivity contribution in [2.75, 3.05) is 6.54 Å². The molecule has 0 heterocycles. The number of benzene rings is 2. The largest absolute Gasteiger partial charge is 0.508 e. The van der Waals surface area contributed by atoms with Crippen LogP contribution in [0, 0.1) is 0 Å². The van der Waals surface area contributed by atoms with Gasteiger partial charge < -0.3 is 21.3 Å². The van der Waals surface area contributed by atoms with Gasteiger partial charge in [-0.2, -0.15) is 0 Å². The lowest BCUT2D eigenvalue weighted by atomic mass is 10.1. The number of amides is 1. The summed E-state index contributed by atoms with van der Waals surface area (Å²) in [5.74, 6) is -0.701. The van der Waals surface area contributed by atoms with Gasteiger partial charge in [-0.1, -0.05) is 30.3 Å². The first-order valence-corrected chi connectivity index (χ1v) is 6.66. The Morgan fingerprint density at radius 3 is 2.29 bits per heavy atom. The van der Waals surface area contributed by atoms with Crippen LogP contribution in [0.1, 0.15) is 15.9 Å². The normalized spacial score (nSPS) is 11.9. The Hall–Kier alpha value is -2.53. The number of aromatic hydroxyl groups is 2. The van der Waals surface area contributed by atoms with E-state index in [-0.39, 0.29) is 29.0 Å². The molecular weight excluding hydrogens is 268 g/mol. The highest BCUT2D eigenvalue weighted by Gasteiger charge is 2.14. The van der Waals surface area contributed by atoms with E-state index >= 15 is 0 Å². The summed E-state index contributed by atoms with van der Waals surface area (Å²) < 4.78 is 0. The second-order valence-electron chi connectivity index (χ2n) is 4.83. The molecule has 110 valence electrons. The van der Waals surface area contributed by atoms with Gasteiger partial charge in [-0.15, -0.1) is 0 Å². The summed E-state index contributed by atoms with van der Waals surface area (Å²) in [6, 6.07) is 13.3. The van der Waals surface area contributed by atoms with Crippen molar-refractivity contribution in [3.8, 4) is 11.5 Å². The van der Waals surface area contributed by atoms with Gasteiger partial charge in [0.05, 0.1) is 0 Å². The van der Waals surface area contributed by atoms with E-state index in [1.54, 1.807) is 0 Å². The average molecular weight is 286 g/mol. The van der Waals surface area contributed by atoms with Crippen LogP contribution in [0.2, 0.25) is 0 Å². The molecule has 0 fully saturated rings. The molecule has 0 aliphatic carbocycles. The van der Waals surface area contributed by atoms with Gasteiger partial charge in [-0.25, -0.2) is 0 Å². The third-order valence-corrected chi connectivity index (χ3v) is 3.11. The van der Waals surface area contributed by atoms with Gasteiger partial charge >= 0.3 is 0 Å². The number of phenols is 2. The molecular formula is C16H18N2O3. The highest BCUT2D eigenvalue weighted by atomic mass is 16.3. The fraction of sp³-hybridized carbons (Fsp3) is 0.188. The van der Waals surface area contributed by atoms with Crippen molar-refractivity contribution in [1.29, 1.82) is 0 Å². The van der Waals surface area contributed by atoms with Gasteiger partial charge in [0, 0.05) is 24.2 Å². The third kappa shape index (κ3) is 4.22. The molecule has 0 radical (unpaired) electrons. The molecule has 1 amide bonds. The van der Waals surface area contributed by atoms with Gasteiger partial charge in [-0.3, -0.25) is 4.79 Å². The Bertz CT molecular complexity index is 594. The predicted molar refractivity (Wildman–Crippen MR) is 80.2 cm³/mol. The topological polar surface area (TPSA) is 95.6 Å². The zero-order chi connectivity index (χ0) is 15.2. The first-order chi connectivity index (χ1) is 10.1. The van der Waals surface area contributed by atoms with Crippen LogP contribution in [0.3, 0.4) is 0 Å². The SMILES string of the molecule is NCC(Cc1ccccc1)NC(=O)c1cc(O)cc(O)c1. The molecule has 0 saturated carbocycles. The molecule has 5 heteroatoms. The van der Waals surface area contributed by atoms with Crippen LogP contribution < -0.4 is 11.1 Å². The molecule has 2 rings (SSSR count). The maximum atomic E-state index is 12.1. The Morgan fingerprint density at radius 2 is 1.71 bits per heavy atom. The minimum atomic E-state index is -0.382. The van der Waals surface area contributed by atoms with Crippen LogP contribution in [-0.4, -0.2) is 28.7 Å². The standard InChI is InChI=1S/C16H18N2O3/c17-10-13(6-11-4-2-1-3-5-11)18-16(21)12-7-14(19)9-15(20)8-12/h1-5,7-9,13,19-20H,6,10,17H2,(H,18,21). The molecule has 0 saturated heterocycles. The van der Waals surface area contributed by atoms with Gasteiger partial charge in [0.15, 0.2) is 0 Å². The lowest BCUT2D eigenvalue weighted by Gasteiger charge is -2.17. The van der Waals surface area contributed by atoms with E-state index in [1.807, 2.05) is 30.3 Å². The molecule has 0 aliphatic rings. The van der Waals surface area contributed by atoms with Crippen LogP contribution in [0.4, 0.5) is 0 Å². The lowest BCUT2D eigenvalue weighted by molar-refractivity contribution is 0.0937. The summed E-state index contributed by atoms with van der Waals surface area (Å²) in [7, 11) is 0. The van der Waals surface area contributed by atoms with Crippen LogP contribution >= 0.6 is 0 Å². The van der Waals surface area contributed by atoms with E-state index in [0.717, 1.165) is 5.56 Å². The van der Waals surface area contributed by atoms with Crippen molar-refractivity contribution >= 4 is 5.91 Å². The van der Waals surface area contributed by atoms with Gasteiger partial charge in [0.1, 0.15) is 11.5 Å². The van der Waals surface area contributed by atoms with E-state index in [2.05, 4.69) is 5.32 Å². The zero-order valence-corrected chi connectivity index (χ0v) is 11.5. The Kier molecular flexibility index (Phi) is 4.79. The molecule has 0 spiro atoms. The molecule has 21 heavy (non-hydrogen) atoms. The summed E-state index contributed by atoms with van der Waals surface area (Å²) in [6.07, 6.45) is 0.619. The smallest absolute Gasteiger partial charge is 0.251 e. The number of rotatable bonds is 5. The van der Waals surface area contributed by atoms with Crippen LogP contribution in [0.15, 0.2) is 48.5 Å². The van der Waals surface area contributed by atoms with Crippen molar-refractivity contribution < 1.29 is 15.0 Å². The Balaban J connectivity index is 2.05. The molecule has 0 aromatic heterocycles. The lowest BCUT2D eigenvalue weighted by Crippen LogP contribution is -2.41. The summed E-state index contributed by atoms with van der Waals surface area (Å²) in [5, 5.41) is 21.6. The number of hydrogen-bond donors (Lipinski definition) is 4. The number of nitrogens with one attached hydrogen (secondary N) is 1. The number of hydrogen-bond acceptors (Lipinski definition) is 4. The number of carbonyl (C=O) groups excluding carboxylic acids is 1. The minimum absolute atomic E-state index is 0.160. The number of carbonyl (C=O) groups is 1. The average Bonchev–Trinajstić information content (AvgIpc) is 2.46. The highest BCUT2D eigenvalue weighted by Crippen LogP contribution is 2.20. The van der Waals surface area contributed by atoms with Gasteiger partial charge in [0.25, 0.3) is 5.91 Å². The first kappa shape index (κ1) is 14.9. The maximum Gasteiger partial charge on any atom is 0.251 e. The van der Waals surface area contributed by atoms with Crippen LogP contribution in [-0.2, 0) is 6.42 Å².